The van der Waals surface area contributed by atoms with Gasteiger partial charge < -0.3 is 5.11 Å². The maximum absolute atomic E-state index is 10.9. The van der Waals surface area contributed by atoms with Crippen LogP contribution in [0.15, 0.2) is 24.4 Å². The lowest BCUT2D eigenvalue weighted by atomic mass is 10.2. The van der Waals surface area contributed by atoms with Crippen molar-refractivity contribution in [2.75, 3.05) is 0 Å². The van der Waals surface area contributed by atoms with Crippen molar-refractivity contribution in [3.63, 3.8) is 0 Å². The van der Waals surface area contributed by atoms with Gasteiger partial charge in [0.2, 0.25) is 5.69 Å². The molecule has 0 bridgehead atoms. The molecule has 0 fully saturated rings. The number of aromatic carboxylic acids is 1. The molecule has 9 heteroatoms. The Kier molecular flexibility index (Phi) is 3.37. The van der Waals surface area contributed by atoms with E-state index in [2.05, 4.69) is 5.10 Å². The first-order valence-electron chi connectivity index (χ1n) is 5.11. The molecule has 0 radical (unpaired) electrons. The Morgan fingerprint density at radius 3 is 2.70 bits per heavy atom. The second-order valence-corrected chi connectivity index (χ2v) is 4.05. The number of nitro groups is 1. The van der Waals surface area contributed by atoms with Crippen molar-refractivity contribution in [1.29, 1.82) is 5.26 Å². The third-order valence-corrected chi connectivity index (χ3v) is 2.72. The highest BCUT2D eigenvalue weighted by Crippen LogP contribution is 2.25. The van der Waals surface area contributed by atoms with Crippen LogP contribution in [0.25, 0.3) is 5.69 Å². The molecule has 1 aromatic carbocycles. The fourth-order valence-electron chi connectivity index (χ4n) is 1.54. The normalized spacial score (nSPS) is 10.0. The van der Waals surface area contributed by atoms with Crippen LogP contribution >= 0.6 is 11.6 Å². The Morgan fingerprint density at radius 1 is 1.55 bits per heavy atom. The van der Waals surface area contributed by atoms with Crippen LogP contribution in [-0.2, 0) is 0 Å². The zero-order valence-corrected chi connectivity index (χ0v) is 10.4. The minimum atomic E-state index is -1.51. The predicted molar refractivity (Wildman–Crippen MR) is 66.9 cm³/mol. The van der Waals surface area contributed by atoms with Crippen LogP contribution in [0.3, 0.4) is 0 Å². The first kappa shape index (κ1) is 13.5. The minimum Gasteiger partial charge on any atom is -0.476 e. The molecule has 0 atom stereocenters. The first-order valence-corrected chi connectivity index (χ1v) is 5.49. The summed E-state index contributed by atoms with van der Waals surface area (Å²) in [6.07, 6.45) is 0.955. The molecule has 2 aromatic rings. The molecule has 0 aliphatic carbocycles. The van der Waals surface area contributed by atoms with Crippen molar-refractivity contribution >= 4 is 23.3 Å². The van der Waals surface area contributed by atoms with Crippen LogP contribution < -0.4 is 0 Å². The quantitative estimate of drug-likeness (QED) is 0.682. The average molecular weight is 293 g/mol. The van der Waals surface area contributed by atoms with E-state index in [0.717, 1.165) is 10.9 Å². The molecule has 0 aliphatic heterocycles. The van der Waals surface area contributed by atoms with E-state index in [1.165, 1.54) is 18.2 Å². The maximum Gasteiger partial charge on any atom is 0.363 e. The zero-order chi connectivity index (χ0) is 14.9. The lowest BCUT2D eigenvalue weighted by molar-refractivity contribution is -0.385. The summed E-state index contributed by atoms with van der Waals surface area (Å²) in [5.41, 5.74) is -0.784. The summed E-state index contributed by atoms with van der Waals surface area (Å²) in [5.74, 6) is -1.51. The number of nitrogens with zero attached hydrogens (tertiary/aromatic N) is 4. The van der Waals surface area contributed by atoms with Crippen molar-refractivity contribution in [2.24, 2.45) is 0 Å². The predicted octanol–water partition coefficient (Wildman–Crippen LogP) is 2.00. The van der Waals surface area contributed by atoms with Gasteiger partial charge in [0.25, 0.3) is 0 Å². The van der Waals surface area contributed by atoms with Crippen LogP contribution in [0.5, 0.6) is 0 Å². The van der Waals surface area contributed by atoms with E-state index in [0.29, 0.717) is 5.56 Å². The van der Waals surface area contributed by atoms with E-state index < -0.39 is 22.3 Å². The Labute approximate surface area is 116 Å². The molecule has 0 aliphatic rings. The summed E-state index contributed by atoms with van der Waals surface area (Å²) in [7, 11) is 0. The van der Waals surface area contributed by atoms with Gasteiger partial charge >= 0.3 is 11.7 Å². The molecule has 0 spiro atoms. The van der Waals surface area contributed by atoms with E-state index in [1.807, 2.05) is 6.07 Å². The van der Waals surface area contributed by atoms with Crippen LogP contribution in [0, 0.1) is 21.4 Å². The molecule has 2 rings (SSSR count). The van der Waals surface area contributed by atoms with Gasteiger partial charge in [0.05, 0.1) is 27.3 Å². The summed E-state index contributed by atoms with van der Waals surface area (Å²) < 4.78 is 0.991. The topological polar surface area (TPSA) is 122 Å². The van der Waals surface area contributed by atoms with Gasteiger partial charge in [-0.3, -0.25) is 10.1 Å². The van der Waals surface area contributed by atoms with Gasteiger partial charge in [-0.05, 0) is 18.2 Å². The van der Waals surface area contributed by atoms with Gasteiger partial charge in [0, 0.05) is 0 Å². The van der Waals surface area contributed by atoms with E-state index >= 15 is 0 Å². The smallest absolute Gasteiger partial charge is 0.363 e. The summed E-state index contributed by atoms with van der Waals surface area (Å²) >= 11 is 5.93. The van der Waals surface area contributed by atoms with Crippen LogP contribution in [0.1, 0.15) is 16.1 Å². The Hall–Kier alpha value is -2.92. The highest BCUT2D eigenvalue weighted by molar-refractivity contribution is 6.32. The largest absolute Gasteiger partial charge is 0.476 e. The summed E-state index contributed by atoms with van der Waals surface area (Å²) in [6.45, 7) is 0. The fourth-order valence-corrected chi connectivity index (χ4v) is 1.80. The molecule has 1 aromatic heterocycles. The number of aromatic nitrogens is 2. The molecule has 0 saturated heterocycles. The lowest BCUT2D eigenvalue weighted by Gasteiger charge is -2.03. The second kappa shape index (κ2) is 4.99. The SMILES string of the molecule is N#Cc1ccc(-n2cc([N+](=O)[O-])c(C(=O)O)n2)c(Cl)c1. The first-order chi connectivity index (χ1) is 9.43. The van der Waals surface area contributed by atoms with Crippen molar-refractivity contribution in [3.05, 3.63) is 50.8 Å². The Balaban J connectivity index is 2.60. The summed E-state index contributed by atoms with van der Waals surface area (Å²) in [5, 5.41) is 32.1. The minimum absolute atomic E-state index is 0.124. The van der Waals surface area contributed by atoms with Gasteiger partial charge in [-0.25, -0.2) is 9.48 Å². The van der Waals surface area contributed by atoms with Crippen LogP contribution in [-0.4, -0.2) is 25.8 Å². The molecule has 20 heavy (non-hydrogen) atoms. The maximum atomic E-state index is 10.9. The van der Waals surface area contributed by atoms with Gasteiger partial charge in [-0.15, -0.1) is 0 Å². The number of hydrogen-bond acceptors (Lipinski definition) is 5. The van der Waals surface area contributed by atoms with Crippen molar-refractivity contribution in [3.8, 4) is 11.8 Å². The third kappa shape index (κ3) is 2.30. The number of carboxylic acids is 1. The van der Waals surface area contributed by atoms with Gasteiger partial charge in [0.1, 0.15) is 6.20 Å². The molecule has 100 valence electrons. The number of benzene rings is 1. The van der Waals surface area contributed by atoms with E-state index in [9.17, 15) is 14.9 Å². The monoisotopic (exact) mass is 292 g/mol. The van der Waals surface area contributed by atoms with E-state index in [1.54, 1.807) is 0 Å². The molecule has 1 N–H and O–H groups in total. The van der Waals surface area contributed by atoms with E-state index in [4.69, 9.17) is 22.0 Å². The van der Waals surface area contributed by atoms with Gasteiger partial charge in [-0.2, -0.15) is 10.4 Å². The average Bonchev–Trinajstić information content (AvgIpc) is 2.83. The highest BCUT2D eigenvalue weighted by atomic mass is 35.5. The second-order valence-electron chi connectivity index (χ2n) is 3.65. The summed E-state index contributed by atoms with van der Waals surface area (Å²) in [6, 6.07) is 6.09. The fraction of sp³-hybridized carbons (Fsp3) is 0. The number of carbonyl (C=O) groups is 1. The number of rotatable bonds is 3. The number of hydrogen-bond donors (Lipinski definition) is 1. The van der Waals surface area contributed by atoms with E-state index in [-0.39, 0.29) is 10.7 Å². The van der Waals surface area contributed by atoms with Crippen LogP contribution in [0.4, 0.5) is 5.69 Å². The van der Waals surface area contributed by atoms with Crippen molar-refractivity contribution in [2.45, 2.75) is 0 Å². The zero-order valence-electron chi connectivity index (χ0n) is 9.65. The Bertz CT molecular complexity index is 731. The third-order valence-electron chi connectivity index (χ3n) is 2.42. The number of carboxylic acid groups (broad SMARTS) is 1. The molecule has 1 heterocycles. The number of nitriles is 1. The van der Waals surface area contributed by atoms with Crippen molar-refractivity contribution in [1.82, 2.24) is 9.78 Å². The molecule has 0 unspecified atom stereocenters. The molecular formula is C11H5ClN4O4. The van der Waals surface area contributed by atoms with Crippen molar-refractivity contribution < 1.29 is 14.8 Å². The molecule has 0 amide bonds. The molecular weight excluding hydrogens is 288 g/mol. The van der Waals surface area contributed by atoms with Gasteiger partial charge in [-0.1, -0.05) is 11.6 Å². The Morgan fingerprint density at radius 2 is 2.25 bits per heavy atom. The van der Waals surface area contributed by atoms with Crippen LogP contribution in [0.2, 0.25) is 5.02 Å². The number of halogens is 1. The highest BCUT2D eigenvalue weighted by Gasteiger charge is 2.26. The lowest BCUT2D eigenvalue weighted by Crippen LogP contribution is -2.03. The molecule has 8 nitrogen and oxygen atoms in total. The van der Waals surface area contributed by atoms with Gasteiger partial charge in [0.15, 0.2) is 0 Å². The standard InChI is InChI=1S/C11H5ClN4O4/c12-7-3-6(4-13)1-2-8(7)15-5-9(16(19)20)10(14-15)11(17)18/h1-3,5H,(H,17,18). The molecule has 0 saturated carbocycles. The summed E-state index contributed by atoms with van der Waals surface area (Å²) in [4.78, 5) is 20.8.